The summed E-state index contributed by atoms with van der Waals surface area (Å²) in [5.74, 6) is 1.03. The fourth-order valence-corrected chi connectivity index (χ4v) is 7.73. The molecule has 1 aromatic heterocycles. The van der Waals surface area contributed by atoms with Gasteiger partial charge in [-0.25, -0.2) is 9.78 Å². The number of nitrogens with zero attached hydrogens (tertiary/aromatic N) is 4. The molecule has 1 N–H and O–H groups in total. The molecule has 2 aliphatic rings. The Labute approximate surface area is 223 Å². The van der Waals surface area contributed by atoms with Crippen LogP contribution in [0.3, 0.4) is 0 Å². The van der Waals surface area contributed by atoms with Gasteiger partial charge >= 0.3 is 12.0 Å². The number of hydrogen-bond donors (Lipinski definition) is 1. The summed E-state index contributed by atoms with van der Waals surface area (Å²) in [4.78, 5) is 31.4. The lowest BCUT2D eigenvalue weighted by atomic mass is 9.85. The zero-order valence-electron chi connectivity index (χ0n) is 21.6. The second-order valence-electron chi connectivity index (χ2n) is 9.56. The van der Waals surface area contributed by atoms with Gasteiger partial charge in [-0.05, 0) is 51.4 Å². The summed E-state index contributed by atoms with van der Waals surface area (Å²) < 4.78 is 33.7. The van der Waals surface area contributed by atoms with Gasteiger partial charge in [-0.3, -0.25) is 10.1 Å². The van der Waals surface area contributed by atoms with Crippen molar-refractivity contribution in [3.05, 3.63) is 6.20 Å². The number of aromatic nitrogens is 1. The number of urea groups is 1. The van der Waals surface area contributed by atoms with E-state index in [9.17, 15) is 18.0 Å². The van der Waals surface area contributed by atoms with Crippen molar-refractivity contribution in [2.45, 2.75) is 75.1 Å². The molecule has 2 heterocycles. The van der Waals surface area contributed by atoms with Gasteiger partial charge in [-0.15, -0.1) is 11.8 Å². The molecular weight excluding hydrogens is 522 g/mol. The molecule has 0 bridgehead atoms. The molecule has 0 radical (unpaired) electrons. The molecule has 1 saturated carbocycles. The maximum absolute atomic E-state index is 13.5. The van der Waals surface area contributed by atoms with Gasteiger partial charge in [0.15, 0.2) is 5.13 Å². The van der Waals surface area contributed by atoms with E-state index in [0.29, 0.717) is 55.8 Å². The van der Waals surface area contributed by atoms with Crippen LogP contribution in [0.15, 0.2) is 10.4 Å². The van der Waals surface area contributed by atoms with Crippen molar-refractivity contribution in [2.24, 2.45) is 5.92 Å². The lowest BCUT2D eigenvalue weighted by Crippen LogP contribution is -2.55. The molecule has 204 valence electrons. The Morgan fingerprint density at radius 1 is 1.17 bits per heavy atom. The quantitative estimate of drug-likeness (QED) is 0.341. The van der Waals surface area contributed by atoms with Crippen molar-refractivity contribution in [3.63, 3.8) is 0 Å². The molecule has 1 aliphatic carbocycles. The normalized spacial score (nSPS) is 21.9. The molecule has 1 aliphatic heterocycles. The molecule has 0 unspecified atom stereocenters. The Bertz CT molecular complexity index is 971. The van der Waals surface area contributed by atoms with Crippen LogP contribution in [0.2, 0.25) is 0 Å². The number of nitrogens with one attached hydrogen (secondary N) is 1. The first-order chi connectivity index (χ1) is 17.1. The summed E-state index contributed by atoms with van der Waals surface area (Å²) in [6.45, 7) is 5.21. The molecule has 2 fully saturated rings. The van der Waals surface area contributed by atoms with Gasteiger partial charge in [-0.2, -0.15) is 17.0 Å². The van der Waals surface area contributed by atoms with Crippen LogP contribution >= 0.6 is 23.1 Å². The molecule has 2 amide bonds. The summed E-state index contributed by atoms with van der Waals surface area (Å²) in [6.07, 6.45) is 7.34. The molecule has 13 heteroatoms. The minimum Gasteiger partial charge on any atom is -0.466 e. The second kappa shape index (κ2) is 13.4. The average Bonchev–Trinajstić information content (AvgIpc) is 3.28. The minimum absolute atomic E-state index is 0.0181. The molecule has 1 saturated heterocycles. The van der Waals surface area contributed by atoms with Gasteiger partial charge in [0.25, 0.3) is 10.2 Å². The van der Waals surface area contributed by atoms with Crippen molar-refractivity contribution in [3.8, 4) is 0 Å². The molecule has 0 atom stereocenters. The van der Waals surface area contributed by atoms with E-state index < -0.39 is 10.2 Å². The van der Waals surface area contributed by atoms with Gasteiger partial charge in [0, 0.05) is 45.0 Å². The first kappa shape index (κ1) is 29.2. The van der Waals surface area contributed by atoms with E-state index in [1.54, 1.807) is 27.2 Å². The van der Waals surface area contributed by atoms with E-state index in [2.05, 4.69) is 17.2 Å². The van der Waals surface area contributed by atoms with Crippen LogP contribution in [0.5, 0.6) is 0 Å². The maximum Gasteiger partial charge on any atom is 0.324 e. The number of amides is 2. The maximum atomic E-state index is 13.5. The second-order valence-corrected chi connectivity index (χ2v) is 14.1. The smallest absolute Gasteiger partial charge is 0.324 e. The van der Waals surface area contributed by atoms with Crippen molar-refractivity contribution in [1.82, 2.24) is 18.5 Å². The van der Waals surface area contributed by atoms with Crippen LogP contribution in [0.4, 0.5) is 9.93 Å². The Morgan fingerprint density at radius 2 is 1.81 bits per heavy atom. The number of hydrogen-bond acceptors (Lipinski definition) is 8. The van der Waals surface area contributed by atoms with Crippen LogP contribution in [0, 0.1) is 5.92 Å². The number of ether oxygens (including phenoxy) is 1. The molecule has 36 heavy (non-hydrogen) atoms. The minimum atomic E-state index is -3.46. The Hall–Kier alpha value is -1.41. The highest BCUT2D eigenvalue weighted by molar-refractivity contribution is 8.01. The highest BCUT2D eigenvalue weighted by atomic mass is 32.2. The summed E-state index contributed by atoms with van der Waals surface area (Å²) in [5.41, 5.74) is 0. The Balaban J connectivity index is 1.63. The van der Waals surface area contributed by atoms with E-state index >= 15 is 0 Å². The number of anilines is 1. The summed E-state index contributed by atoms with van der Waals surface area (Å²) >= 11 is 2.91. The summed E-state index contributed by atoms with van der Waals surface area (Å²) in [6, 6.07) is -0.0436. The van der Waals surface area contributed by atoms with Crippen LogP contribution in [-0.4, -0.2) is 90.5 Å². The molecule has 10 nitrogen and oxygen atoms in total. The molecule has 3 rings (SSSR count). The fraction of sp³-hybridized carbons (Fsp3) is 0.783. The van der Waals surface area contributed by atoms with Crippen LogP contribution in [-0.2, 0) is 19.7 Å². The predicted molar refractivity (Wildman–Crippen MR) is 144 cm³/mol. The molecule has 0 spiro atoms. The monoisotopic (exact) mass is 561 g/mol. The third kappa shape index (κ3) is 7.80. The van der Waals surface area contributed by atoms with Crippen LogP contribution in [0.1, 0.15) is 58.8 Å². The highest BCUT2D eigenvalue weighted by Crippen LogP contribution is 2.33. The summed E-state index contributed by atoms with van der Waals surface area (Å²) in [5, 5.41) is 3.52. The van der Waals surface area contributed by atoms with Gasteiger partial charge in [0.2, 0.25) is 0 Å². The van der Waals surface area contributed by atoms with Crippen molar-refractivity contribution in [2.75, 3.05) is 44.9 Å². The van der Waals surface area contributed by atoms with E-state index in [1.807, 2.05) is 4.90 Å². The number of carbonyl (C=O) groups excluding carboxylic acids is 2. The number of thioether (sulfide) groups is 1. The molecular formula is C23H39N5O5S3. The number of esters is 1. The number of carbonyl (C=O) groups is 2. The van der Waals surface area contributed by atoms with Crippen LogP contribution in [0.25, 0.3) is 0 Å². The standard InChI is InChI=1S/C23H39N5O5S3/c1-5-33-20(29)12-15-34-21-16-24-22(35-21)25-23(30)28(18-8-6-17(2)7-9-18)19-10-13-27(14-11-19)36(31,32)26(3)4/h16-19H,5-15H2,1-4H3,(H,24,25,30). The molecule has 1 aromatic rings. The zero-order chi connectivity index (χ0) is 26.3. The third-order valence-corrected chi connectivity index (χ3v) is 10.8. The van der Waals surface area contributed by atoms with Gasteiger partial charge in [-0.1, -0.05) is 18.3 Å². The van der Waals surface area contributed by atoms with Crippen molar-refractivity contribution in [1.29, 1.82) is 0 Å². The topological polar surface area (TPSA) is 112 Å². The number of piperidine rings is 1. The van der Waals surface area contributed by atoms with E-state index in [1.165, 1.54) is 31.7 Å². The van der Waals surface area contributed by atoms with Crippen LogP contribution < -0.4 is 5.32 Å². The predicted octanol–water partition coefficient (Wildman–Crippen LogP) is 3.87. The fourth-order valence-electron chi connectivity index (χ4n) is 4.74. The van der Waals surface area contributed by atoms with E-state index in [-0.39, 0.29) is 24.1 Å². The summed E-state index contributed by atoms with van der Waals surface area (Å²) in [7, 11) is -0.369. The third-order valence-electron chi connectivity index (χ3n) is 6.77. The van der Waals surface area contributed by atoms with E-state index in [0.717, 1.165) is 29.9 Å². The van der Waals surface area contributed by atoms with E-state index in [4.69, 9.17) is 4.74 Å². The lowest BCUT2D eigenvalue weighted by molar-refractivity contribution is -0.142. The van der Waals surface area contributed by atoms with Gasteiger partial charge in [0.05, 0.1) is 23.4 Å². The van der Waals surface area contributed by atoms with Gasteiger partial charge in [0.1, 0.15) is 0 Å². The first-order valence-corrected chi connectivity index (χ1v) is 15.8. The zero-order valence-corrected chi connectivity index (χ0v) is 24.1. The number of thiazole rings is 1. The SMILES string of the molecule is CCOC(=O)CCSc1cnc(NC(=O)N(C2CCC(C)CC2)C2CCN(S(=O)(=O)N(C)C)CC2)s1. The first-order valence-electron chi connectivity index (χ1n) is 12.6. The Morgan fingerprint density at radius 3 is 2.42 bits per heavy atom. The average molecular weight is 562 g/mol. The van der Waals surface area contributed by atoms with Gasteiger partial charge < -0.3 is 9.64 Å². The van der Waals surface area contributed by atoms with Crippen molar-refractivity contribution >= 4 is 50.4 Å². The lowest BCUT2D eigenvalue weighted by Gasteiger charge is -2.44. The highest BCUT2D eigenvalue weighted by Gasteiger charge is 2.37. The largest absolute Gasteiger partial charge is 0.466 e. The van der Waals surface area contributed by atoms with Crippen molar-refractivity contribution < 1.29 is 22.7 Å². The number of rotatable bonds is 10. The Kier molecular flexibility index (Phi) is 10.9. The molecule has 0 aromatic carbocycles.